The summed E-state index contributed by atoms with van der Waals surface area (Å²) >= 11 is -2.43. The van der Waals surface area contributed by atoms with E-state index in [0.29, 0.717) is 0 Å². The summed E-state index contributed by atoms with van der Waals surface area (Å²) in [4.78, 5) is 9.04. The molecule has 0 saturated heterocycles. The van der Waals surface area contributed by atoms with Gasteiger partial charge in [0, 0.05) is 26.3 Å². The molecule has 1 radical (unpaired) electrons. The molecule has 7 aromatic rings. The molecule has 0 atom stereocenters. The molecule has 0 unspecified atom stereocenters. The standard InChI is InChI=1S/C25H18GeNO.C14H16NSi.Ir/c1-26(2)21-11-4-3-8-16(21)17-13-14-19-18-9-7-10-20(22-12-5-6-15-27-22)24(18)28-25(19)23(17)26;1-16(2,3)13-9-10-14(15-11-13)12-7-5-4-6-8-12;/h3-9,11-15H,1-2H3;4-7,9-11H,1-3H3;/q2*-1;. The average Bonchev–Trinajstić information content (AvgIpc) is 3.54. The summed E-state index contributed by atoms with van der Waals surface area (Å²) in [5.41, 5.74) is 8.59. The second-order valence-electron chi connectivity index (χ2n) is 12.9. The summed E-state index contributed by atoms with van der Waals surface area (Å²) in [6.45, 7) is 7.00. The van der Waals surface area contributed by atoms with Crippen molar-refractivity contribution < 1.29 is 24.5 Å². The fraction of sp³-hybridized carbons (Fsp3) is 0.128. The molecular weight excluding hydrogens is 805 g/mol. The van der Waals surface area contributed by atoms with Crippen LogP contribution in [0.3, 0.4) is 0 Å². The summed E-state index contributed by atoms with van der Waals surface area (Å²) in [5, 5.41) is 3.74. The molecule has 4 heterocycles. The van der Waals surface area contributed by atoms with Gasteiger partial charge in [-0.2, -0.15) is 0 Å². The molecule has 0 fully saturated rings. The van der Waals surface area contributed by atoms with Crippen molar-refractivity contribution in [2.45, 2.75) is 31.2 Å². The Balaban J connectivity index is 0.000000181. The van der Waals surface area contributed by atoms with Crippen molar-refractivity contribution in [3.63, 3.8) is 0 Å². The topological polar surface area (TPSA) is 38.9 Å². The van der Waals surface area contributed by atoms with Gasteiger partial charge in [-0.15, -0.1) is 35.9 Å². The SMILES string of the molecule is C[Si](C)(C)c1ccc(-c2[c-]cccc2)nc1.[CH3][Ge]1([CH3])[c]2ccccc2-c2ccc3c(oc4c(-c5ccccn5)[c-]ccc43)[c]21.[Ir]. The maximum atomic E-state index is 6.62. The molecule has 0 saturated carbocycles. The maximum Gasteiger partial charge on any atom is 0 e. The van der Waals surface area contributed by atoms with Gasteiger partial charge in [0.25, 0.3) is 0 Å². The Bertz CT molecular complexity index is 2120. The minimum atomic E-state index is -2.43. The number of benzene rings is 4. The van der Waals surface area contributed by atoms with Crippen molar-refractivity contribution >= 4 is 57.3 Å². The number of hydrogen-bond donors (Lipinski definition) is 0. The number of furan rings is 1. The summed E-state index contributed by atoms with van der Waals surface area (Å²) in [6.07, 6.45) is 3.83. The zero-order valence-corrected chi connectivity index (χ0v) is 31.6. The van der Waals surface area contributed by atoms with Crippen LogP contribution in [0.5, 0.6) is 0 Å². The molecule has 0 N–H and O–H groups in total. The fourth-order valence-electron chi connectivity index (χ4n) is 6.30. The second kappa shape index (κ2) is 12.3. The van der Waals surface area contributed by atoms with E-state index in [1.807, 2.05) is 60.9 Å². The molecule has 1 aliphatic rings. The van der Waals surface area contributed by atoms with Gasteiger partial charge in [0.2, 0.25) is 0 Å². The fourth-order valence-corrected chi connectivity index (χ4v) is 14.3. The first-order chi connectivity index (χ1) is 21.2. The summed E-state index contributed by atoms with van der Waals surface area (Å²) in [7, 11) is -1.23. The average molecular weight is 840 g/mol. The molecule has 0 aliphatic carbocycles. The predicted octanol–water partition coefficient (Wildman–Crippen LogP) is 8.34. The number of aromatic nitrogens is 2. The van der Waals surface area contributed by atoms with Crippen molar-refractivity contribution in [2.24, 2.45) is 0 Å². The third-order valence-corrected chi connectivity index (χ3v) is 18.1. The molecule has 3 aromatic heterocycles. The minimum Gasteiger partial charge on any atom is 0 e. The molecule has 8 rings (SSSR count). The van der Waals surface area contributed by atoms with E-state index >= 15 is 0 Å². The first kappa shape index (κ1) is 31.4. The van der Waals surface area contributed by atoms with Crippen LogP contribution in [0, 0.1) is 12.1 Å². The second-order valence-corrected chi connectivity index (χ2v) is 27.0. The van der Waals surface area contributed by atoms with Gasteiger partial charge in [-0.3, -0.25) is 0 Å². The van der Waals surface area contributed by atoms with Gasteiger partial charge in [-0.1, -0.05) is 31.8 Å². The summed E-state index contributed by atoms with van der Waals surface area (Å²) in [5.74, 6) is 4.95. The Kier molecular flexibility index (Phi) is 8.57. The smallest absolute Gasteiger partial charge is 0 e. The molecule has 45 heavy (non-hydrogen) atoms. The van der Waals surface area contributed by atoms with Crippen molar-refractivity contribution in [1.29, 1.82) is 0 Å². The molecule has 3 nitrogen and oxygen atoms in total. The Morgan fingerprint density at radius 2 is 1.44 bits per heavy atom. The number of nitrogens with zero attached hydrogens (tertiary/aromatic N) is 2. The van der Waals surface area contributed by atoms with E-state index in [2.05, 4.69) is 108 Å². The molecule has 4 aromatic carbocycles. The van der Waals surface area contributed by atoms with E-state index in [1.165, 1.54) is 26.1 Å². The van der Waals surface area contributed by atoms with Crippen LogP contribution in [-0.2, 0) is 20.1 Å². The van der Waals surface area contributed by atoms with E-state index in [9.17, 15) is 0 Å². The van der Waals surface area contributed by atoms with Crippen LogP contribution < -0.4 is 14.0 Å². The molecular formula is C39H34GeIrN2OSi-2. The van der Waals surface area contributed by atoms with Crippen molar-refractivity contribution in [3.05, 3.63) is 128 Å². The predicted molar refractivity (Wildman–Crippen MR) is 189 cm³/mol. The third-order valence-electron chi connectivity index (χ3n) is 8.65. The van der Waals surface area contributed by atoms with Gasteiger partial charge in [0.05, 0.1) is 8.07 Å². The van der Waals surface area contributed by atoms with E-state index in [-0.39, 0.29) is 20.1 Å². The first-order valence-corrected chi connectivity index (χ1v) is 24.9. The van der Waals surface area contributed by atoms with Gasteiger partial charge < -0.3 is 4.98 Å². The molecule has 0 amide bonds. The van der Waals surface area contributed by atoms with Crippen LogP contribution in [0.25, 0.3) is 55.6 Å². The Labute approximate surface area is 282 Å². The van der Waals surface area contributed by atoms with Crippen molar-refractivity contribution in [1.82, 2.24) is 9.97 Å². The summed E-state index contributed by atoms with van der Waals surface area (Å²) < 4.78 is 9.63. The van der Waals surface area contributed by atoms with Gasteiger partial charge >= 0.3 is 166 Å². The van der Waals surface area contributed by atoms with Gasteiger partial charge in [-0.05, 0) is 10.9 Å². The number of hydrogen-bond acceptors (Lipinski definition) is 3. The van der Waals surface area contributed by atoms with Gasteiger partial charge in [0.15, 0.2) is 0 Å². The van der Waals surface area contributed by atoms with Crippen LogP contribution in [0.15, 0.2) is 120 Å². The normalized spacial score (nSPS) is 13.0. The number of pyridine rings is 2. The molecule has 225 valence electrons. The van der Waals surface area contributed by atoms with Crippen LogP contribution in [0.4, 0.5) is 0 Å². The van der Waals surface area contributed by atoms with Gasteiger partial charge in [0.1, 0.15) is 0 Å². The van der Waals surface area contributed by atoms with Crippen LogP contribution >= 0.6 is 0 Å². The minimum absolute atomic E-state index is 0. The summed E-state index contributed by atoms with van der Waals surface area (Å²) in [6, 6.07) is 42.2. The molecule has 1 aliphatic heterocycles. The quantitative estimate of drug-likeness (QED) is 0.133. The number of rotatable bonds is 3. The first-order valence-electron chi connectivity index (χ1n) is 15.1. The third kappa shape index (κ3) is 5.68. The van der Waals surface area contributed by atoms with E-state index < -0.39 is 21.3 Å². The Morgan fingerprint density at radius 3 is 2.16 bits per heavy atom. The number of fused-ring (bicyclic) bond motifs is 7. The van der Waals surface area contributed by atoms with Crippen molar-refractivity contribution in [3.8, 4) is 33.6 Å². The zero-order chi connectivity index (χ0) is 30.5. The Morgan fingerprint density at radius 1 is 0.667 bits per heavy atom. The van der Waals surface area contributed by atoms with Crippen LogP contribution in [-0.4, -0.2) is 31.3 Å². The van der Waals surface area contributed by atoms with Gasteiger partial charge in [-0.25, -0.2) is 0 Å². The largest absolute Gasteiger partial charge is 0 e. The molecule has 0 spiro atoms. The zero-order valence-electron chi connectivity index (χ0n) is 26.1. The van der Waals surface area contributed by atoms with Crippen molar-refractivity contribution in [2.75, 3.05) is 0 Å². The molecule has 6 heteroatoms. The van der Waals surface area contributed by atoms with E-state index in [1.54, 1.807) is 4.40 Å². The monoisotopic (exact) mass is 841 g/mol. The van der Waals surface area contributed by atoms with Crippen LogP contribution in [0.2, 0.25) is 31.2 Å². The maximum absolute atomic E-state index is 6.62. The molecule has 0 bridgehead atoms. The Hall–Kier alpha value is -3.61. The van der Waals surface area contributed by atoms with E-state index in [0.717, 1.165) is 39.1 Å². The van der Waals surface area contributed by atoms with E-state index in [4.69, 9.17) is 4.42 Å². The van der Waals surface area contributed by atoms with Crippen LogP contribution in [0.1, 0.15) is 0 Å².